The molecule has 0 unspecified atom stereocenters. The molecule has 0 radical (unpaired) electrons. The van der Waals surface area contributed by atoms with Crippen molar-refractivity contribution < 1.29 is 33.4 Å². The molecule has 3 amide bonds. The standard InChI is InChI=1S/C21H23N3O7S/c1-30-21(29)11-19-23(18(27)13-32-19)9-4-10-31-20(28)8-7-17(26)24-12-16(25)22-14-5-2-3-6-15(14)24/h2-3,5-6,11H,4,7-10,12-13H2,1H3,(H,22,25)/b19-11+. The van der Waals surface area contributed by atoms with Crippen LogP contribution in [0.5, 0.6) is 0 Å². The van der Waals surface area contributed by atoms with Gasteiger partial charge in [-0.3, -0.25) is 19.2 Å². The Hall–Kier alpha value is -3.34. The Kier molecular flexibility index (Phi) is 7.87. The number of anilines is 2. The van der Waals surface area contributed by atoms with E-state index in [1.165, 1.54) is 34.7 Å². The van der Waals surface area contributed by atoms with Gasteiger partial charge in [0.25, 0.3) is 0 Å². The Morgan fingerprint density at radius 2 is 1.97 bits per heavy atom. The van der Waals surface area contributed by atoms with E-state index in [9.17, 15) is 24.0 Å². The lowest BCUT2D eigenvalue weighted by Crippen LogP contribution is -2.42. The maximum absolute atomic E-state index is 12.5. The predicted molar refractivity (Wildman–Crippen MR) is 117 cm³/mol. The van der Waals surface area contributed by atoms with Crippen molar-refractivity contribution in [1.82, 2.24) is 4.90 Å². The maximum Gasteiger partial charge on any atom is 0.333 e. The van der Waals surface area contributed by atoms with Crippen LogP contribution in [-0.4, -0.2) is 67.1 Å². The van der Waals surface area contributed by atoms with Crippen LogP contribution in [0.1, 0.15) is 19.3 Å². The van der Waals surface area contributed by atoms with Crippen molar-refractivity contribution in [2.24, 2.45) is 0 Å². The number of ether oxygens (including phenoxy) is 2. The fourth-order valence-electron chi connectivity index (χ4n) is 3.21. The predicted octanol–water partition coefficient (Wildman–Crippen LogP) is 1.27. The SMILES string of the molecule is COC(=O)/C=C1/SCC(=O)N1CCCOC(=O)CCC(=O)N1CC(=O)Nc2ccccc21. The summed E-state index contributed by atoms with van der Waals surface area (Å²) in [6.07, 6.45) is 1.43. The molecule has 0 aromatic heterocycles. The summed E-state index contributed by atoms with van der Waals surface area (Å²) in [4.78, 5) is 62.6. The second kappa shape index (κ2) is 10.8. The van der Waals surface area contributed by atoms with Crippen molar-refractivity contribution in [2.75, 3.05) is 42.8 Å². The van der Waals surface area contributed by atoms with Gasteiger partial charge in [-0.05, 0) is 18.6 Å². The van der Waals surface area contributed by atoms with Gasteiger partial charge in [0.05, 0.1) is 48.4 Å². The van der Waals surface area contributed by atoms with Crippen LogP contribution in [0.15, 0.2) is 35.4 Å². The zero-order valence-electron chi connectivity index (χ0n) is 17.5. The molecule has 1 aromatic rings. The van der Waals surface area contributed by atoms with Gasteiger partial charge in [0.2, 0.25) is 17.7 Å². The number of hydrogen-bond acceptors (Lipinski definition) is 8. The van der Waals surface area contributed by atoms with Gasteiger partial charge in [0.1, 0.15) is 6.54 Å². The lowest BCUT2D eigenvalue weighted by atomic mass is 10.1. The molecule has 0 bridgehead atoms. The van der Waals surface area contributed by atoms with Crippen molar-refractivity contribution in [3.63, 3.8) is 0 Å². The van der Waals surface area contributed by atoms with Crippen LogP contribution in [0.25, 0.3) is 0 Å². The van der Waals surface area contributed by atoms with Crippen molar-refractivity contribution >= 4 is 52.8 Å². The lowest BCUT2D eigenvalue weighted by molar-refractivity contribution is -0.145. The van der Waals surface area contributed by atoms with Gasteiger partial charge in [-0.1, -0.05) is 23.9 Å². The summed E-state index contributed by atoms with van der Waals surface area (Å²) >= 11 is 1.25. The van der Waals surface area contributed by atoms with E-state index in [4.69, 9.17) is 4.74 Å². The van der Waals surface area contributed by atoms with E-state index >= 15 is 0 Å². The van der Waals surface area contributed by atoms with E-state index in [1.54, 1.807) is 24.3 Å². The minimum Gasteiger partial charge on any atom is -0.466 e. The number of hydrogen-bond donors (Lipinski definition) is 1. The lowest BCUT2D eigenvalue weighted by Gasteiger charge is -2.29. The first-order valence-corrected chi connectivity index (χ1v) is 10.9. The molecule has 3 rings (SSSR count). The van der Waals surface area contributed by atoms with E-state index in [0.29, 0.717) is 29.4 Å². The first kappa shape index (κ1) is 23.3. The van der Waals surface area contributed by atoms with Crippen LogP contribution in [0.3, 0.4) is 0 Å². The number of nitrogens with zero attached hydrogens (tertiary/aromatic N) is 2. The number of benzene rings is 1. The van der Waals surface area contributed by atoms with Crippen LogP contribution < -0.4 is 10.2 Å². The van der Waals surface area contributed by atoms with E-state index in [1.807, 2.05) is 0 Å². The molecule has 11 heteroatoms. The van der Waals surface area contributed by atoms with Crippen LogP contribution in [0, 0.1) is 0 Å². The molecule has 1 N–H and O–H groups in total. The first-order chi connectivity index (χ1) is 15.4. The van der Waals surface area contributed by atoms with Gasteiger partial charge in [-0.15, -0.1) is 0 Å². The third-order valence-corrected chi connectivity index (χ3v) is 5.78. The van der Waals surface area contributed by atoms with Crippen molar-refractivity contribution in [3.05, 3.63) is 35.4 Å². The molecule has 0 aliphatic carbocycles. The largest absolute Gasteiger partial charge is 0.466 e. The molecule has 1 saturated heterocycles. The molecule has 170 valence electrons. The summed E-state index contributed by atoms with van der Waals surface area (Å²) in [7, 11) is 1.26. The minimum absolute atomic E-state index is 0.0714. The molecule has 1 aromatic carbocycles. The van der Waals surface area contributed by atoms with Gasteiger partial charge in [-0.2, -0.15) is 0 Å². The third kappa shape index (κ3) is 5.88. The second-order valence-corrected chi connectivity index (χ2v) is 7.95. The van der Waals surface area contributed by atoms with Crippen molar-refractivity contribution in [1.29, 1.82) is 0 Å². The van der Waals surface area contributed by atoms with E-state index in [-0.39, 0.29) is 49.5 Å². The average Bonchev–Trinajstić information content (AvgIpc) is 3.13. The van der Waals surface area contributed by atoms with Crippen LogP contribution in [-0.2, 0) is 33.4 Å². The Labute approximate surface area is 188 Å². The number of amides is 3. The van der Waals surface area contributed by atoms with Crippen molar-refractivity contribution in [2.45, 2.75) is 19.3 Å². The van der Waals surface area contributed by atoms with E-state index < -0.39 is 11.9 Å². The van der Waals surface area contributed by atoms with Crippen LogP contribution >= 0.6 is 11.8 Å². The molecule has 2 heterocycles. The fourth-order valence-corrected chi connectivity index (χ4v) is 4.16. The monoisotopic (exact) mass is 461 g/mol. The third-order valence-electron chi connectivity index (χ3n) is 4.76. The number of carbonyl (C=O) groups excluding carboxylic acids is 5. The van der Waals surface area contributed by atoms with Gasteiger partial charge < -0.3 is 24.6 Å². The molecular weight excluding hydrogens is 438 g/mol. The quantitative estimate of drug-likeness (QED) is 0.349. The van der Waals surface area contributed by atoms with Gasteiger partial charge in [0, 0.05) is 13.0 Å². The topological polar surface area (TPSA) is 122 Å². The summed E-state index contributed by atoms with van der Waals surface area (Å²) in [5.41, 5.74) is 1.14. The second-order valence-electron chi connectivity index (χ2n) is 6.96. The fraction of sp³-hybridized carbons (Fsp3) is 0.381. The Morgan fingerprint density at radius 3 is 2.75 bits per heavy atom. The number of para-hydroxylation sites is 2. The van der Waals surface area contributed by atoms with Crippen LogP contribution in [0.4, 0.5) is 11.4 Å². The molecule has 1 fully saturated rings. The summed E-state index contributed by atoms with van der Waals surface area (Å²) in [6.45, 7) is 0.261. The summed E-state index contributed by atoms with van der Waals surface area (Å²) in [6, 6.07) is 6.95. The average molecular weight is 461 g/mol. The molecule has 10 nitrogen and oxygen atoms in total. The highest BCUT2D eigenvalue weighted by atomic mass is 32.2. The number of fused-ring (bicyclic) bond motifs is 1. The van der Waals surface area contributed by atoms with E-state index in [2.05, 4.69) is 10.1 Å². The highest BCUT2D eigenvalue weighted by Crippen LogP contribution is 2.30. The zero-order valence-corrected chi connectivity index (χ0v) is 18.3. The molecule has 2 aliphatic heterocycles. The molecule has 32 heavy (non-hydrogen) atoms. The van der Waals surface area contributed by atoms with Crippen molar-refractivity contribution in [3.8, 4) is 0 Å². The summed E-state index contributed by atoms with van der Waals surface area (Å²) < 4.78 is 9.74. The molecule has 0 saturated carbocycles. The van der Waals surface area contributed by atoms with E-state index in [0.717, 1.165) is 0 Å². The number of rotatable bonds is 8. The van der Waals surface area contributed by atoms with Gasteiger partial charge in [-0.25, -0.2) is 4.79 Å². The molecular formula is C21H23N3O7S. The summed E-state index contributed by atoms with van der Waals surface area (Å²) in [5.74, 6) is -1.62. The molecule has 2 aliphatic rings. The smallest absolute Gasteiger partial charge is 0.333 e. The maximum atomic E-state index is 12.5. The number of thioether (sulfide) groups is 1. The van der Waals surface area contributed by atoms with Crippen LogP contribution in [0.2, 0.25) is 0 Å². The summed E-state index contributed by atoms with van der Waals surface area (Å²) in [5, 5.41) is 3.21. The highest BCUT2D eigenvalue weighted by Gasteiger charge is 2.28. The number of carbonyl (C=O) groups is 5. The first-order valence-electron chi connectivity index (χ1n) is 9.96. The van der Waals surface area contributed by atoms with Gasteiger partial charge in [0.15, 0.2) is 0 Å². The van der Waals surface area contributed by atoms with Gasteiger partial charge >= 0.3 is 11.9 Å². The Morgan fingerprint density at radius 1 is 1.19 bits per heavy atom. The highest BCUT2D eigenvalue weighted by molar-refractivity contribution is 8.04. The molecule has 0 spiro atoms. The zero-order chi connectivity index (χ0) is 23.1. The Bertz CT molecular complexity index is 962. The number of nitrogens with one attached hydrogen (secondary N) is 1. The number of esters is 2. The number of methoxy groups -OCH3 is 1. The molecule has 0 atom stereocenters. The Balaban J connectivity index is 1.42. The normalized spacial score (nSPS) is 16.6. The minimum atomic E-state index is -0.544.